The molecule has 0 aromatic heterocycles. The maximum Gasteiger partial charge on any atom is 0.338 e. The summed E-state index contributed by atoms with van der Waals surface area (Å²) in [6, 6.07) is 93.8. The average molecular weight is 1670 g/mol. The molecule has 0 N–H and O–H groups in total. The van der Waals surface area contributed by atoms with Crippen LogP contribution in [-0.4, -0.2) is 173 Å². The van der Waals surface area contributed by atoms with Crippen molar-refractivity contribution in [2.45, 2.75) is 161 Å². The second-order valence-corrected chi connectivity index (χ2v) is 30.9. The predicted octanol–water partition coefficient (Wildman–Crippen LogP) is 14.4. The Morgan fingerprint density at radius 3 is 0.854 bits per heavy atom. The SMILES string of the molecule is O=C(OC1[C@H](O[C@@H]2C(OC(=O)c3ccccc3)[C@H](O[C@@H]3C(OC(=O)c4ccccc4)[C@H](O[C@@H]4C(OC(=O)c5ccccc5)[C@H](OCc5ccccc5)OC5COC(c6ccccc6)O[C@H]54)OC4COC(c5ccccc5)O[C@H]43)OC3COC(c4ccccc4)O[C@H]32)OC2COC(c3ccccc3)O[C@H]2[C@@H]1OCc1ccc2ccccc2c1)c1ccccc1. The minimum atomic E-state index is -1.86. The number of carbonyl (C=O) groups is 4. The predicted molar refractivity (Wildman–Crippen MR) is 436 cm³/mol. The summed E-state index contributed by atoms with van der Waals surface area (Å²) in [5.74, 6) is -3.31. The van der Waals surface area contributed by atoms with Gasteiger partial charge in [0.25, 0.3) is 0 Å². The summed E-state index contributed by atoms with van der Waals surface area (Å²) in [4.78, 5) is 61.6. The molecule has 8 heterocycles. The number of hydrogen-bond acceptors (Lipinski definition) is 25. The van der Waals surface area contributed by atoms with Crippen molar-refractivity contribution in [3.63, 3.8) is 0 Å². The zero-order chi connectivity index (χ0) is 83.0. The van der Waals surface area contributed by atoms with Crippen molar-refractivity contribution in [3.8, 4) is 0 Å². The van der Waals surface area contributed by atoms with Crippen LogP contribution >= 0.6 is 0 Å². The zero-order valence-electron chi connectivity index (χ0n) is 66.3. The van der Waals surface area contributed by atoms with Gasteiger partial charge < -0.3 is 99.5 Å². The highest BCUT2D eigenvalue weighted by Crippen LogP contribution is 2.47. The van der Waals surface area contributed by atoms with Gasteiger partial charge in [-0.05, 0) is 76.5 Å². The molecule has 8 saturated heterocycles. The van der Waals surface area contributed by atoms with Crippen molar-refractivity contribution in [1.82, 2.24) is 0 Å². The number of ether oxygens (including phenoxy) is 21. The summed E-state index contributed by atoms with van der Waals surface area (Å²) in [6.07, 6.45) is -32.9. The van der Waals surface area contributed by atoms with Gasteiger partial charge in [0, 0.05) is 22.3 Å². The van der Waals surface area contributed by atoms with Gasteiger partial charge in [-0.25, -0.2) is 19.2 Å². The van der Waals surface area contributed by atoms with Crippen LogP contribution in [0.4, 0.5) is 0 Å². The third-order valence-corrected chi connectivity index (χ3v) is 22.8. The minimum absolute atomic E-state index is 0.0286. The van der Waals surface area contributed by atoms with E-state index in [-0.39, 0.29) is 61.9 Å². The third-order valence-electron chi connectivity index (χ3n) is 22.8. The highest BCUT2D eigenvalue weighted by atomic mass is 16.8. The summed E-state index contributed by atoms with van der Waals surface area (Å²) in [6.45, 7) is -0.679. The van der Waals surface area contributed by atoms with Crippen molar-refractivity contribution in [3.05, 3.63) is 371 Å². The Labute approximate surface area is 708 Å². The maximum absolute atomic E-state index is 15.7. The second kappa shape index (κ2) is 37.9. The van der Waals surface area contributed by atoms with E-state index in [2.05, 4.69) is 0 Å². The first-order valence-electron chi connectivity index (χ1n) is 41.2. The lowest BCUT2D eigenvalue weighted by atomic mass is 9.93. The van der Waals surface area contributed by atoms with E-state index in [9.17, 15) is 4.79 Å². The van der Waals surface area contributed by atoms with Crippen LogP contribution in [0.3, 0.4) is 0 Å². The second-order valence-electron chi connectivity index (χ2n) is 30.9. The molecule has 8 fully saturated rings. The Bertz CT molecular complexity index is 5310. The molecular formula is C98H88O25. The van der Waals surface area contributed by atoms with Gasteiger partial charge in [0.15, 0.2) is 74.7 Å². The van der Waals surface area contributed by atoms with Gasteiger partial charge in [-0.1, -0.05) is 261 Å². The molecule has 8 aliphatic rings. The van der Waals surface area contributed by atoms with E-state index in [4.69, 9.17) is 99.5 Å². The quantitative estimate of drug-likeness (QED) is 0.0402. The summed E-state index contributed by atoms with van der Waals surface area (Å²) in [5, 5.41) is 1.97. The molecule has 24 atom stereocenters. The van der Waals surface area contributed by atoms with Crippen LogP contribution in [0, 0.1) is 0 Å². The molecule has 25 nitrogen and oxygen atoms in total. The minimum Gasteiger partial charge on any atom is -0.450 e. The largest absolute Gasteiger partial charge is 0.450 e. The Morgan fingerprint density at radius 1 is 0.244 bits per heavy atom. The van der Waals surface area contributed by atoms with Gasteiger partial charge in [0.2, 0.25) is 0 Å². The molecule has 25 heteroatoms. The molecule has 11 aromatic rings. The molecule has 12 unspecified atom stereocenters. The first-order valence-corrected chi connectivity index (χ1v) is 41.2. The molecule has 19 rings (SSSR count). The van der Waals surface area contributed by atoms with E-state index in [1.54, 1.807) is 121 Å². The number of fused-ring (bicyclic) bond motifs is 5. The number of carbonyl (C=O) groups excluding carboxylic acids is 4. The Kier molecular flexibility index (Phi) is 25.1. The van der Waals surface area contributed by atoms with Crippen LogP contribution in [0.5, 0.6) is 0 Å². The van der Waals surface area contributed by atoms with Crippen LogP contribution in [0.25, 0.3) is 10.8 Å². The van der Waals surface area contributed by atoms with Gasteiger partial charge >= 0.3 is 23.9 Å². The number of esters is 4. The van der Waals surface area contributed by atoms with Crippen LogP contribution < -0.4 is 0 Å². The lowest BCUT2D eigenvalue weighted by molar-refractivity contribution is -0.428. The van der Waals surface area contributed by atoms with E-state index < -0.39 is 172 Å². The molecule has 0 saturated carbocycles. The molecule has 0 radical (unpaired) electrons. The first-order chi connectivity index (χ1) is 60.6. The molecule has 630 valence electrons. The molecule has 0 aliphatic carbocycles. The van der Waals surface area contributed by atoms with Crippen molar-refractivity contribution in [2.75, 3.05) is 26.4 Å². The monoisotopic (exact) mass is 1660 g/mol. The van der Waals surface area contributed by atoms with E-state index in [0.717, 1.165) is 21.9 Å². The Morgan fingerprint density at radius 2 is 0.512 bits per heavy atom. The summed E-state index contributed by atoms with van der Waals surface area (Å²) >= 11 is 0. The third kappa shape index (κ3) is 18.5. The van der Waals surface area contributed by atoms with Gasteiger partial charge in [0.05, 0.1) is 61.9 Å². The molecule has 0 amide bonds. The Hall–Kier alpha value is -11.1. The van der Waals surface area contributed by atoms with Gasteiger partial charge in [-0.3, -0.25) is 0 Å². The summed E-state index contributed by atoms with van der Waals surface area (Å²) in [7, 11) is 0. The zero-order valence-corrected chi connectivity index (χ0v) is 66.3. The molecule has 123 heavy (non-hydrogen) atoms. The van der Waals surface area contributed by atoms with Crippen LogP contribution in [0.15, 0.2) is 315 Å². The van der Waals surface area contributed by atoms with Crippen molar-refractivity contribution in [2.24, 2.45) is 0 Å². The van der Waals surface area contributed by atoms with Crippen molar-refractivity contribution >= 4 is 34.6 Å². The fraction of sp³-hybridized carbons (Fsp3) is 0.306. The number of rotatable bonds is 24. The fourth-order valence-electron chi connectivity index (χ4n) is 16.7. The van der Waals surface area contributed by atoms with E-state index >= 15 is 14.4 Å². The molecule has 0 bridgehead atoms. The highest BCUT2D eigenvalue weighted by Gasteiger charge is 2.63. The van der Waals surface area contributed by atoms with Crippen molar-refractivity contribution in [1.29, 1.82) is 0 Å². The molecule has 11 aromatic carbocycles. The fourth-order valence-corrected chi connectivity index (χ4v) is 16.7. The van der Waals surface area contributed by atoms with Gasteiger partial charge in [-0.15, -0.1) is 0 Å². The Balaban J connectivity index is 0.753. The standard InChI is InChI=1S/C98H88O25/c99-87(62-33-12-2-13-34-62)113-83-79(103-54-60-50-51-61-32-28-29-49-70(61)52-60)75-71(55-105-91(117-75)66-41-20-6-21-42-66)110-96(83)122-81-77-73(57-107-93(119-77)68-45-24-8-25-46-68)112-98(85(81)115-89(101)64-37-16-4-17-38-64)123-82-78-74(58-108-94(120-78)69-47-26-9-27-48-69)111-97(86(82)116-90(102)65-39-18-5-19-40-65)121-80-76-72(56-106-92(118-76)67-43-22-7-23-44-67)109-95(104-53-59-30-10-1-11-31-59)84(80)114-88(100)63-35-14-3-15-36-63/h1-52,71-86,91-98H,53-58H2/t71?,72?,73?,74?,75-,76-,77-,78-,79+,80+,81+,82+,83?,84?,85?,86?,91?,92?,93?,94?,95-,96+,97+,98+/m1/s1. The van der Waals surface area contributed by atoms with Crippen molar-refractivity contribution < 1.29 is 119 Å². The van der Waals surface area contributed by atoms with Gasteiger partial charge in [-0.2, -0.15) is 0 Å². The first kappa shape index (κ1) is 81.5. The smallest absolute Gasteiger partial charge is 0.338 e. The average Bonchev–Trinajstić information content (AvgIpc) is 0.741. The lowest BCUT2D eigenvalue weighted by Gasteiger charge is -2.54. The van der Waals surface area contributed by atoms with Gasteiger partial charge in [0.1, 0.15) is 73.2 Å². The maximum atomic E-state index is 15.7. The number of hydrogen-bond donors (Lipinski definition) is 0. The van der Waals surface area contributed by atoms with Crippen LogP contribution in [0.2, 0.25) is 0 Å². The van der Waals surface area contributed by atoms with E-state index in [0.29, 0.717) is 22.3 Å². The highest BCUT2D eigenvalue weighted by molar-refractivity contribution is 5.91. The number of benzene rings is 11. The van der Waals surface area contributed by atoms with E-state index in [1.807, 2.05) is 194 Å². The summed E-state index contributed by atoms with van der Waals surface area (Å²) < 4.78 is 148. The molecular weight excluding hydrogens is 1580 g/mol. The van der Waals surface area contributed by atoms with E-state index in [1.165, 1.54) is 0 Å². The summed E-state index contributed by atoms with van der Waals surface area (Å²) in [5.41, 5.74) is 4.68. The molecule has 0 spiro atoms. The van der Waals surface area contributed by atoms with Crippen LogP contribution in [-0.2, 0) is 113 Å². The normalized spacial score (nSPS) is 30.9. The topological polar surface area (TPSA) is 262 Å². The van der Waals surface area contributed by atoms with Crippen LogP contribution in [0.1, 0.15) is 100.0 Å². The molecule has 8 aliphatic heterocycles. The lowest BCUT2D eigenvalue weighted by Crippen LogP contribution is -2.71.